The minimum atomic E-state index is -0.621. The van der Waals surface area contributed by atoms with Gasteiger partial charge >= 0.3 is 6.03 Å². The number of benzene rings is 2. The second-order valence-electron chi connectivity index (χ2n) is 5.59. The minimum Gasteiger partial charge on any atom is -0.368 e. The Bertz CT molecular complexity index is 715. The Morgan fingerprint density at radius 3 is 2.52 bits per heavy atom. The fourth-order valence-corrected chi connectivity index (χ4v) is 2.91. The topological polar surface area (TPSA) is 75.4 Å². The largest absolute Gasteiger partial charge is 0.368 e. The molecule has 1 aliphatic rings. The van der Waals surface area contributed by atoms with Crippen LogP contribution in [0, 0.1) is 0 Å². The number of nitrogens with two attached hydrogens (primary N) is 1. The summed E-state index contributed by atoms with van der Waals surface area (Å²) in [4.78, 5) is 25.7. The maximum absolute atomic E-state index is 12.5. The summed E-state index contributed by atoms with van der Waals surface area (Å²) in [6.45, 7) is 0.507. The predicted molar refractivity (Wildman–Crippen MR) is 89.2 cm³/mol. The summed E-state index contributed by atoms with van der Waals surface area (Å²) in [5.41, 5.74) is 8.34. The van der Waals surface area contributed by atoms with Gasteiger partial charge < -0.3 is 11.1 Å². The SMILES string of the molecule is NC(=O)[C@@H]1Cc2ccccc2N1C(=O)NCCc1ccccc1. The van der Waals surface area contributed by atoms with Crippen LogP contribution in [0.4, 0.5) is 10.5 Å². The molecule has 118 valence electrons. The van der Waals surface area contributed by atoms with Crippen molar-refractivity contribution in [1.29, 1.82) is 0 Å². The first-order valence-electron chi connectivity index (χ1n) is 7.65. The number of nitrogens with zero attached hydrogens (tertiary/aromatic N) is 1. The summed E-state index contributed by atoms with van der Waals surface area (Å²) >= 11 is 0. The number of urea groups is 1. The second-order valence-corrected chi connectivity index (χ2v) is 5.59. The van der Waals surface area contributed by atoms with Crippen molar-refractivity contribution in [1.82, 2.24) is 5.32 Å². The fraction of sp³-hybridized carbons (Fsp3) is 0.222. The van der Waals surface area contributed by atoms with Gasteiger partial charge in [-0.05, 0) is 23.6 Å². The van der Waals surface area contributed by atoms with E-state index < -0.39 is 11.9 Å². The van der Waals surface area contributed by atoms with Crippen LogP contribution >= 0.6 is 0 Å². The maximum atomic E-state index is 12.5. The Balaban J connectivity index is 1.68. The normalized spacial score (nSPS) is 16.0. The monoisotopic (exact) mass is 309 g/mol. The van der Waals surface area contributed by atoms with E-state index >= 15 is 0 Å². The molecule has 3 amide bonds. The van der Waals surface area contributed by atoms with Crippen LogP contribution in [0.2, 0.25) is 0 Å². The van der Waals surface area contributed by atoms with Gasteiger partial charge in [0.2, 0.25) is 5.91 Å². The number of hydrogen-bond acceptors (Lipinski definition) is 2. The van der Waals surface area contributed by atoms with Gasteiger partial charge in [0, 0.05) is 18.7 Å². The van der Waals surface area contributed by atoms with E-state index in [2.05, 4.69) is 5.32 Å². The lowest BCUT2D eigenvalue weighted by Crippen LogP contribution is -2.50. The molecule has 0 bridgehead atoms. The van der Waals surface area contributed by atoms with E-state index in [1.54, 1.807) is 0 Å². The number of hydrogen-bond donors (Lipinski definition) is 2. The van der Waals surface area contributed by atoms with Gasteiger partial charge in [0.15, 0.2) is 0 Å². The van der Waals surface area contributed by atoms with Gasteiger partial charge in [-0.15, -0.1) is 0 Å². The van der Waals surface area contributed by atoms with Crippen molar-refractivity contribution in [2.75, 3.05) is 11.4 Å². The van der Waals surface area contributed by atoms with Crippen LogP contribution in [0.15, 0.2) is 54.6 Å². The average Bonchev–Trinajstić information content (AvgIpc) is 2.95. The summed E-state index contributed by atoms with van der Waals surface area (Å²) in [7, 11) is 0. The van der Waals surface area contributed by atoms with Crippen LogP contribution in [-0.4, -0.2) is 24.5 Å². The van der Waals surface area contributed by atoms with Gasteiger partial charge in [0.05, 0.1) is 0 Å². The van der Waals surface area contributed by atoms with Gasteiger partial charge in [0.25, 0.3) is 0 Å². The molecule has 0 fully saturated rings. The van der Waals surface area contributed by atoms with Gasteiger partial charge in [-0.25, -0.2) is 4.79 Å². The third-order valence-electron chi connectivity index (χ3n) is 4.06. The summed E-state index contributed by atoms with van der Waals surface area (Å²) in [6.07, 6.45) is 1.21. The molecule has 3 N–H and O–H groups in total. The first kappa shape index (κ1) is 15.1. The Hall–Kier alpha value is -2.82. The standard InChI is InChI=1S/C18H19N3O2/c19-17(22)16-12-14-8-4-5-9-15(14)21(16)18(23)20-11-10-13-6-2-1-3-7-13/h1-9,16H,10-12H2,(H2,19,22)(H,20,23)/t16-/m0/s1. The quantitative estimate of drug-likeness (QED) is 0.904. The number of fused-ring (bicyclic) bond motifs is 1. The van der Waals surface area contributed by atoms with E-state index in [1.165, 1.54) is 4.90 Å². The molecule has 0 spiro atoms. The first-order chi connectivity index (χ1) is 11.2. The van der Waals surface area contributed by atoms with Gasteiger partial charge in [-0.3, -0.25) is 9.69 Å². The number of nitrogens with one attached hydrogen (secondary N) is 1. The fourth-order valence-electron chi connectivity index (χ4n) is 2.91. The molecule has 0 radical (unpaired) electrons. The van der Waals surface area contributed by atoms with Crippen molar-refractivity contribution in [3.8, 4) is 0 Å². The first-order valence-corrected chi connectivity index (χ1v) is 7.65. The van der Waals surface area contributed by atoms with Crippen molar-refractivity contribution in [3.05, 3.63) is 65.7 Å². The molecule has 0 aliphatic carbocycles. The number of primary amides is 1. The summed E-state index contributed by atoms with van der Waals surface area (Å²) in [5, 5.41) is 2.88. The van der Waals surface area contributed by atoms with Crippen molar-refractivity contribution in [2.45, 2.75) is 18.9 Å². The van der Waals surface area contributed by atoms with Crippen molar-refractivity contribution >= 4 is 17.6 Å². The Morgan fingerprint density at radius 1 is 1.09 bits per heavy atom. The third kappa shape index (κ3) is 3.18. The van der Waals surface area contributed by atoms with Crippen LogP contribution in [0.25, 0.3) is 0 Å². The van der Waals surface area contributed by atoms with Gasteiger partial charge in [-0.2, -0.15) is 0 Å². The number of carbonyl (C=O) groups is 2. The van der Waals surface area contributed by atoms with E-state index in [4.69, 9.17) is 5.73 Å². The Kier molecular flexibility index (Phi) is 4.28. The molecule has 2 aromatic carbocycles. The molecule has 0 aromatic heterocycles. The second kappa shape index (κ2) is 6.52. The van der Waals surface area contributed by atoms with Crippen LogP contribution in [0.3, 0.4) is 0 Å². The zero-order valence-electron chi connectivity index (χ0n) is 12.7. The smallest absolute Gasteiger partial charge is 0.322 e. The zero-order chi connectivity index (χ0) is 16.2. The highest BCUT2D eigenvalue weighted by atomic mass is 16.2. The van der Waals surface area contributed by atoms with Crippen LogP contribution in [0.5, 0.6) is 0 Å². The maximum Gasteiger partial charge on any atom is 0.322 e. The predicted octanol–water partition coefficient (Wildman–Crippen LogP) is 1.86. The Morgan fingerprint density at radius 2 is 1.78 bits per heavy atom. The van der Waals surface area contributed by atoms with Crippen LogP contribution < -0.4 is 16.0 Å². The number of anilines is 1. The zero-order valence-corrected chi connectivity index (χ0v) is 12.7. The summed E-state index contributed by atoms with van der Waals surface area (Å²) < 4.78 is 0. The van der Waals surface area contributed by atoms with Gasteiger partial charge in [0.1, 0.15) is 6.04 Å². The number of amides is 3. The molecule has 5 heteroatoms. The molecule has 0 unspecified atom stereocenters. The molecule has 5 nitrogen and oxygen atoms in total. The molecule has 1 atom stereocenters. The van der Waals surface area contributed by atoms with Crippen molar-refractivity contribution < 1.29 is 9.59 Å². The van der Waals surface area contributed by atoms with E-state index in [-0.39, 0.29) is 6.03 Å². The lowest BCUT2D eigenvalue weighted by atomic mass is 10.1. The molecule has 1 aliphatic heterocycles. The Labute approximate surface area is 135 Å². The molecule has 2 aromatic rings. The number of rotatable bonds is 4. The molecule has 0 saturated heterocycles. The van der Waals surface area contributed by atoms with Crippen molar-refractivity contribution in [3.63, 3.8) is 0 Å². The summed E-state index contributed by atoms with van der Waals surface area (Å²) in [6, 6.07) is 16.5. The van der Waals surface area contributed by atoms with Gasteiger partial charge in [-0.1, -0.05) is 48.5 Å². The van der Waals surface area contributed by atoms with E-state index in [9.17, 15) is 9.59 Å². The average molecular weight is 309 g/mol. The highest BCUT2D eigenvalue weighted by Gasteiger charge is 2.36. The van der Waals surface area contributed by atoms with Crippen LogP contribution in [-0.2, 0) is 17.6 Å². The molecule has 0 saturated carbocycles. The molecule has 23 heavy (non-hydrogen) atoms. The number of para-hydroxylation sites is 1. The number of carbonyl (C=O) groups excluding carboxylic acids is 2. The minimum absolute atomic E-state index is 0.283. The lowest BCUT2D eigenvalue weighted by Gasteiger charge is -2.23. The summed E-state index contributed by atoms with van der Waals surface area (Å²) in [5.74, 6) is -0.487. The lowest BCUT2D eigenvalue weighted by molar-refractivity contribution is -0.119. The molecule has 3 rings (SSSR count). The van der Waals surface area contributed by atoms with E-state index in [0.717, 1.165) is 23.2 Å². The third-order valence-corrected chi connectivity index (χ3v) is 4.06. The highest BCUT2D eigenvalue weighted by molar-refractivity contribution is 6.02. The molecular formula is C18H19N3O2. The van der Waals surface area contributed by atoms with Crippen LogP contribution in [0.1, 0.15) is 11.1 Å². The van der Waals surface area contributed by atoms with E-state index in [1.807, 2.05) is 54.6 Å². The van der Waals surface area contributed by atoms with E-state index in [0.29, 0.717) is 13.0 Å². The van der Waals surface area contributed by atoms with Crippen molar-refractivity contribution in [2.24, 2.45) is 5.73 Å². The molecular weight excluding hydrogens is 290 g/mol. The highest BCUT2D eigenvalue weighted by Crippen LogP contribution is 2.31. The molecule has 1 heterocycles.